The van der Waals surface area contributed by atoms with Gasteiger partial charge in [0.2, 0.25) is 0 Å². The molecule has 1 atom stereocenters. The van der Waals surface area contributed by atoms with E-state index in [9.17, 15) is 9.90 Å². The second kappa shape index (κ2) is 15.8. The van der Waals surface area contributed by atoms with Crippen LogP contribution in [0.2, 0.25) is 0 Å². The summed E-state index contributed by atoms with van der Waals surface area (Å²) in [6.07, 6.45) is 4.85. The predicted molar refractivity (Wildman–Crippen MR) is 201 cm³/mol. The molecule has 4 aromatic carbocycles. The van der Waals surface area contributed by atoms with Crippen molar-refractivity contribution in [1.82, 2.24) is 4.90 Å². The molecule has 2 aromatic heterocycles. The molecular weight excluding hydrogens is 658 g/mol. The lowest BCUT2D eigenvalue weighted by molar-refractivity contribution is -0.143. The number of aliphatic carboxylic acids is 1. The number of carboxylic acid groups (broad SMARTS) is 1. The summed E-state index contributed by atoms with van der Waals surface area (Å²) in [6, 6.07) is 33.3. The number of hydrogen-bond acceptors (Lipinski definition) is 6. The van der Waals surface area contributed by atoms with Gasteiger partial charge in [0.15, 0.2) is 0 Å². The van der Waals surface area contributed by atoms with E-state index in [1.807, 2.05) is 36.4 Å². The maximum absolute atomic E-state index is 11.7. The van der Waals surface area contributed by atoms with Crippen molar-refractivity contribution in [2.45, 2.75) is 32.5 Å². The lowest BCUT2D eigenvalue weighted by Crippen LogP contribution is -2.39. The molecule has 8 heteroatoms. The van der Waals surface area contributed by atoms with E-state index < -0.39 is 5.97 Å². The molecule has 0 amide bonds. The van der Waals surface area contributed by atoms with Crippen LogP contribution in [0.25, 0.3) is 27.1 Å². The van der Waals surface area contributed by atoms with Crippen LogP contribution >= 0.6 is 35.1 Å². The van der Waals surface area contributed by atoms with Crippen LogP contribution in [0.3, 0.4) is 0 Å². The van der Waals surface area contributed by atoms with Crippen molar-refractivity contribution in [2.75, 3.05) is 19.6 Å². The maximum atomic E-state index is 11.7. The quantitative estimate of drug-likeness (QED) is 0.138. The van der Waals surface area contributed by atoms with Gasteiger partial charge in [-0.2, -0.15) is 0 Å². The van der Waals surface area contributed by atoms with Gasteiger partial charge in [0.1, 0.15) is 24.7 Å². The van der Waals surface area contributed by atoms with Crippen molar-refractivity contribution in [3.05, 3.63) is 135 Å². The van der Waals surface area contributed by atoms with Gasteiger partial charge >= 0.3 is 5.97 Å². The number of thiophene rings is 2. The second-order valence-corrected chi connectivity index (χ2v) is 13.8. The molecule has 3 heterocycles. The van der Waals surface area contributed by atoms with Crippen LogP contribution in [0, 0.1) is 5.92 Å². The average Bonchev–Trinajstić information content (AvgIpc) is 3.78. The van der Waals surface area contributed by atoms with E-state index >= 15 is 0 Å². The lowest BCUT2D eigenvalue weighted by Gasteiger charge is -2.30. The first-order chi connectivity index (χ1) is 23.1. The van der Waals surface area contributed by atoms with Gasteiger partial charge in [-0.25, -0.2) is 0 Å². The third-order valence-electron chi connectivity index (χ3n) is 8.90. The number of nitrogens with zero attached hydrogens (tertiary/aromatic N) is 1. The van der Waals surface area contributed by atoms with Gasteiger partial charge in [0.05, 0.1) is 5.92 Å². The molecule has 0 aliphatic carbocycles. The van der Waals surface area contributed by atoms with Gasteiger partial charge in [-0.15, -0.1) is 35.1 Å². The highest BCUT2D eigenvalue weighted by Gasteiger charge is 2.25. The Kier molecular flexibility index (Phi) is 11.1. The first kappa shape index (κ1) is 33.7. The van der Waals surface area contributed by atoms with Crippen molar-refractivity contribution in [2.24, 2.45) is 5.92 Å². The number of carboxylic acids is 1. The summed E-state index contributed by atoms with van der Waals surface area (Å²) in [7, 11) is 0. The van der Waals surface area contributed by atoms with Crippen LogP contribution in [0.5, 0.6) is 11.5 Å². The van der Waals surface area contributed by atoms with Crippen molar-refractivity contribution in [3.63, 3.8) is 0 Å². The Balaban J connectivity index is 0.00000401. The first-order valence-electron chi connectivity index (χ1n) is 16.1. The van der Waals surface area contributed by atoms with Crippen LogP contribution in [0.1, 0.15) is 40.1 Å². The summed E-state index contributed by atoms with van der Waals surface area (Å²) in [4.78, 5) is 16.4. The van der Waals surface area contributed by atoms with Crippen molar-refractivity contribution in [1.29, 1.82) is 0 Å². The molecule has 0 unspecified atom stereocenters. The van der Waals surface area contributed by atoms with E-state index in [2.05, 4.69) is 82.4 Å². The van der Waals surface area contributed by atoms with E-state index in [4.69, 9.17) is 9.47 Å². The summed E-state index contributed by atoms with van der Waals surface area (Å²) < 4.78 is 13.0. The van der Waals surface area contributed by atoms with Crippen LogP contribution in [0.4, 0.5) is 0 Å². The Morgan fingerprint density at radius 1 is 0.771 bits per heavy atom. The Morgan fingerprint density at radius 3 is 1.88 bits per heavy atom. The normalized spacial score (nSPS) is 14.8. The number of hydrogen-bond donors (Lipinski definition) is 1. The summed E-state index contributed by atoms with van der Waals surface area (Å²) in [5, 5.41) is 18.4. The number of carbonyl (C=O) groups is 1. The van der Waals surface area contributed by atoms with Crippen molar-refractivity contribution in [3.8, 4) is 11.5 Å². The third-order valence-corrected chi connectivity index (χ3v) is 10.9. The standard InChI is InChI=1S/C40H37NO4S2.ClH/c42-40(43)30-13-7-21-41(25-30)22-8-16-35(38-31(19-23-46-38)26-44-36-17-5-11-28-9-1-3-14-33(28)36)39-32(20-24-47-39)27-45-37-18-6-12-29-10-2-4-15-34(29)37;/h1-6,9-12,14-20,23-24,30H,7-8,13,21-22,25-27H2,(H,42,43);1H/t30-;/m1./s1. The molecule has 5 nitrogen and oxygen atoms in total. The fraction of sp³-hybridized carbons (Fsp3) is 0.225. The summed E-state index contributed by atoms with van der Waals surface area (Å²) in [5.74, 6) is 0.792. The van der Waals surface area contributed by atoms with Gasteiger partial charge in [0.25, 0.3) is 0 Å². The minimum Gasteiger partial charge on any atom is -0.488 e. The number of halogens is 1. The fourth-order valence-corrected chi connectivity index (χ4v) is 8.45. The van der Waals surface area contributed by atoms with E-state index in [-0.39, 0.29) is 18.3 Å². The van der Waals surface area contributed by atoms with Gasteiger partial charge in [0, 0.05) is 50.3 Å². The highest BCUT2D eigenvalue weighted by Crippen LogP contribution is 2.38. The SMILES string of the molecule is Cl.O=C(O)[C@@H]1CCCN(CCC=C(c2sccc2COc2cccc3ccccc23)c2sccc2COc2cccc3ccccc23)C1. The third kappa shape index (κ3) is 7.61. The van der Waals surface area contributed by atoms with Crippen molar-refractivity contribution >= 4 is 68.2 Å². The smallest absolute Gasteiger partial charge is 0.307 e. The zero-order valence-corrected chi connectivity index (χ0v) is 29.0. The Labute approximate surface area is 295 Å². The molecule has 246 valence electrons. The average molecular weight is 696 g/mol. The van der Waals surface area contributed by atoms with Crippen LogP contribution in [-0.2, 0) is 18.0 Å². The Hall–Kier alpha value is -4.14. The van der Waals surface area contributed by atoms with Crippen LogP contribution < -0.4 is 9.47 Å². The van der Waals surface area contributed by atoms with E-state index in [0.717, 1.165) is 76.5 Å². The lowest BCUT2D eigenvalue weighted by atomic mass is 9.98. The number of piperidine rings is 1. The minimum absolute atomic E-state index is 0. The number of fused-ring (bicyclic) bond motifs is 2. The number of rotatable bonds is 12. The predicted octanol–water partition coefficient (Wildman–Crippen LogP) is 10.3. The molecule has 1 saturated heterocycles. The zero-order chi connectivity index (χ0) is 32.0. The highest BCUT2D eigenvalue weighted by molar-refractivity contribution is 7.14. The molecule has 0 spiro atoms. The molecule has 6 aromatic rings. The Morgan fingerprint density at radius 2 is 1.31 bits per heavy atom. The molecule has 1 aliphatic rings. The molecule has 7 rings (SSSR count). The topological polar surface area (TPSA) is 59.0 Å². The van der Waals surface area contributed by atoms with Crippen molar-refractivity contribution < 1.29 is 19.4 Å². The largest absolute Gasteiger partial charge is 0.488 e. The van der Waals surface area contributed by atoms with E-state index in [0.29, 0.717) is 19.8 Å². The molecule has 1 aliphatic heterocycles. The second-order valence-electron chi connectivity index (χ2n) is 12.0. The van der Waals surface area contributed by atoms with E-state index in [1.165, 1.54) is 15.3 Å². The van der Waals surface area contributed by atoms with Gasteiger partial charge in [-0.05, 0) is 71.6 Å². The maximum Gasteiger partial charge on any atom is 0.307 e. The van der Waals surface area contributed by atoms with Gasteiger partial charge in [-0.3, -0.25) is 4.79 Å². The van der Waals surface area contributed by atoms with Crippen LogP contribution in [-0.4, -0.2) is 35.6 Å². The molecule has 0 radical (unpaired) electrons. The molecule has 1 fully saturated rings. The van der Waals surface area contributed by atoms with Crippen LogP contribution in [0.15, 0.2) is 114 Å². The highest BCUT2D eigenvalue weighted by atomic mass is 35.5. The molecule has 1 N–H and O–H groups in total. The minimum atomic E-state index is -0.685. The molecule has 48 heavy (non-hydrogen) atoms. The number of likely N-dealkylation sites (tertiary alicyclic amines) is 1. The van der Waals surface area contributed by atoms with Gasteiger partial charge in [-0.1, -0.05) is 78.9 Å². The Bertz CT molecular complexity index is 1900. The fourth-order valence-electron chi connectivity index (χ4n) is 6.47. The summed E-state index contributed by atoms with van der Waals surface area (Å²) in [5.41, 5.74) is 3.48. The molecular formula is C40H38ClNO4S2. The monoisotopic (exact) mass is 695 g/mol. The number of benzene rings is 4. The molecule has 0 saturated carbocycles. The zero-order valence-electron chi connectivity index (χ0n) is 26.5. The molecule has 0 bridgehead atoms. The summed E-state index contributed by atoms with van der Waals surface area (Å²) in [6.45, 7) is 3.31. The van der Waals surface area contributed by atoms with Gasteiger partial charge < -0.3 is 19.5 Å². The summed E-state index contributed by atoms with van der Waals surface area (Å²) >= 11 is 3.47. The number of ether oxygens (including phenoxy) is 2. The first-order valence-corrected chi connectivity index (χ1v) is 17.9. The van der Waals surface area contributed by atoms with E-state index in [1.54, 1.807) is 22.7 Å².